The van der Waals surface area contributed by atoms with E-state index in [1.807, 2.05) is 5.32 Å². The van der Waals surface area contributed by atoms with Crippen molar-refractivity contribution >= 4 is 47.4 Å². The fourth-order valence-electron chi connectivity index (χ4n) is 4.19. The highest BCUT2D eigenvalue weighted by Crippen LogP contribution is 2.12. The van der Waals surface area contributed by atoms with Crippen LogP contribution in [0.4, 0.5) is 0 Å². The summed E-state index contributed by atoms with van der Waals surface area (Å²) in [4.78, 5) is 83.0. The molecule has 272 valence electrons. The quantitative estimate of drug-likeness (QED) is 0.0306. The number of aliphatic carboxylic acids is 1. The van der Waals surface area contributed by atoms with Crippen LogP contribution in [0.25, 0.3) is 0 Å². The summed E-state index contributed by atoms with van der Waals surface area (Å²) in [7, 11) is 0. The van der Waals surface area contributed by atoms with Crippen molar-refractivity contribution in [2.24, 2.45) is 44.4 Å². The first-order chi connectivity index (χ1) is 23.0. The number of aliphatic imine (C=N–C) groups is 2. The van der Waals surface area contributed by atoms with Crippen molar-refractivity contribution < 1.29 is 44.1 Å². The smallest absolute Gasteiger partial charge is 0.326 e. The van der Waals surface area contributed by atoms with Gasteiger partial charge in [0, 0.05) is 19.5 Å². The third kappa shape index (κ3) is 16.6. The van der Waals surface area contributed by atoms with Gasteiger partial charge in [-0.2, -0.15) is 0 Å². The van der Waals surface area contributed by atoms with E-state index in [2.05, 4.69) is 25.9 Å². The van der Waals surface area contributed by atoms with E-state index in [0.29, 0.717) is 12.0 Å². The van der Waals surface area contributed by atoms with Crippen molar-refractivity contribution in [2.75, 3.05) is 19.7 Å². The van der Waals surface area contributed by atoms with Gasteiger partial charge >= 0.3 is 5.97 Å². The molecule has 0 spiro atoms. The highest BCUT2D eigenvalue weighted by atomic mass is 16.4. The Morgan fingerprint density at radius 3 is 1.65 bits per heavy atom. The van der Waals surface area contributed by atoms with E-state index in [9.17, 15) is 44.1 Å². The molecule has 49 heavy (non-hydrogen) atoms. The lowest BCUT2D eigenvalue weighted by Crippen LogP contribution is -2.59. The molecule has 0 saturated heterocycles. The van der Waals surface area contributed by atoms with E-state index in [-0.39, 0.29) is 56.4 Å². The minimum Gasteiger partial charge on any atom is -0.508 e. The standard InChI is InChI=1S/C28H46N12O9/c29-16(3-1-9-35-27(31)32)22(44)37-17(4-2-10-36-28(33)34)23(45)38-18(11-14-5-7-15(42)8-6-14)24(46)40-20(13-41)25(47)39-19(26(48)49)12-21(30)43/h5-8,16-20,41-42H,1-4,9-13,29H2,(H2,30,43)(H,37,44)(H,38,45)(H,39,47)(H,40,46)(H,48,49)(H4,31,32,35)(H4,33,34,36)/t16-,17-,18-,19-,20-/m0/s1. The highest BCUT2D eigenvalue weighted by Gasteiger charge is 2.32. The molecule has 0 saturated carbocycles. The zero-order chi connectivity index (χ0) is 37.1. The van der Waals surface area contributed by atoms with Gasteiger partial charge in [0.2, 0.25) is 29.5 Å². The van der Waals surface area contributed by atoms with Gasteiger partial charge in [-0.15, -0.1) is 0 Å². The minimum atomic E-state index is -1.75. The topological polar surface area (TPSA) is 392 Å². The van der Waals surface area contributed by atoms with Gasteiger partial charge in [0.1, 0.15) is 29.9 Å². The summed E-state index contributed by atoms with van der Waals surface area (Å²) >= 11 is 0. The van der Waals surface area contributed by atoms with E-state index in [0.717, 1.165) is 0 Å². The van der Waals surface area contributed by atoms with Crippen LogP contribution in [0, 0.1) is 0 Å². The summed E-state index contributed by atoms with van der Waals surface area (Å²) < 4.78 is 0. The Morgan fingerprint density at radius 2 is 1.14 bits per heavy atom. The molecule has 0 radical (unpaired) electrons. The Labute approximate surface area is 281 Å². The lowest BCUT2D eigenvalue weighted by atomic mass is 10.0. The molecule has 0 aliphatic heterocycles. The number of carbonyl (C=O) groups excluding carboxylic acids is 5. The average Bonchev–Trinajstić information content (AvgIpc) is 3.02. The summed E-state index contributed by atoms with van der Waals surface area (Å²) in [5.41, 5.74) is 32.8. The molecule has 5 atom stereocenters. The van der Waals surface area contributed by atoms with Crippen LogP contribution < -0.4 is 55.7 Å². The molecular weight excluding hydrogens is 648 g/mol. The fraction of sp³-hybridized carbons (Fsp3) is 0.500. The molecule has 0 aliphatic rings. The van der Waals surface area contributed by atoms with Crippen molar-refractivity contribution in [1.29, 1.82) is 0 Å². The molecule has 0 aromatic heterocycles. The lowest BCUT2D eigenvalue weighted by molar-refractivity contribution is -0.144. The van der Waals surface area contributed by atoms with Gasteiger partial charge in [0.05, 0.1) is 19.1 Å². The number of carbonyl (C=O) groups is 6. The Kier molecular flexibility index (Phi) is 17.9. The molecule has 1 aromatic carbocycles. The SMILES string of the molecule is NC(=O)C[C@H](NC(=O)[C@H](CO)NC(=O)[C@H](Cc1ccc(O)cc1)NC(=O)[C@H](CCCN=C(N)N)NC(=O)[C@@H](N)CCCN=C(N)N)C(=O)O. The number of hydrogen-bond acceptors (Lipinski definition) is 11. The second-order valence-electron chi connectivity index (χ2n) is 10.8. The zero-order valence-corrected chi connectivity index (χ0v) is 26.7. The van der Waals surface area contributed by atoms with E-state index >= 15 is 0 Å². The highest BCUT2D eigenvalue weighted by molar-refractivity contribution is 5.96. The summed E-state index contributed by atoms with van der Waals surface area (Å²) in [6.07, 6.45) is -0.213. The Hall–Kier alpha value is -5.70. The zero-order valence-electron chi connectivity index (χ0n) is 26.7. The molecule has 19 N–H and O–H groups in total. The molecule has 0 bridgehead atoms. The van der Waals surface area contributed by atoms with Gasteiger partial charge in [-0.1, -0.05) is 12.1 Å². The Morgan fingerprint density at radius 1 is 0.673 bits per heavy atom. The van der Waals surface area contributed by atoms with Gasteiger partial charge in [0.15, 0.2) is 11.9 Å². The molecule has 1 rings (SSSR count). The van der Waals surface area contributed by atoms with Crippen LogP contribution in [0.2, 0.25) is 0 Å². The van der Waals surface area contributed by atoms with Gasteiger partial charge in [0.25, 0.3) is 0 Å². The number of aromatic hydroxyl groups is 1. The van der Waals surface area contributed by atoms with Gasteiger partial charge in [-0.3, -0.25) is 34.0 Å². The van der Waals surface area contributed by atoms with Crippen LogP contribution in [0.15, 0.2) is 34.3 Å². The lowest BCUT2D eigenvalue weighted by Gasteiger charge is -2.26. The number of phenols is 1. The van der Waals surface area contributed by atoms with Crippen LogP contribution >= 0.6 is 0 Å². The maximum absolute atomic E-state index is 13.6. The second-order valence-corrected chi connectivity index (χ2v) is 10.8. The maximum Gasteiger partial charge on any atom is 0.326 e. The number of carboxylic acids is 1. The number of amides is 5. The molecule has 21 heteroatoms. The predicted octanol–water partition coefficient (Wildman–Crippen LogP) is -5.74. The number of rotatable bonds is 22. The van der Waals surface area contributed by atoms with E-state index in [1.54, 1.807) is 0 Å². The van der Waals surface area contributed by atoms with Gasteiger partial charge < -0.3 is 71.0 Å². The number of benzene rings is 1. The maximum atomic E-state index is 13.6. The van der Waals surface area contributed by atoms with E-state index in [4.69, 9.17) is 34.4 Å². The number of nitrogens with two attached hydrogens (primary N) is 6. The first kappa shape index (κ1) is 41.3. The van der Waals surface area contributed by atoms with E-state index in [1.165, 1.54) is 24.3 Å². The van der Waals surface area contributed by atoms with Crippen LogP contribution in [-0.2, 0) is 35.2 Å². The minimum absolute atomic E-state index is 0.000727. The molecule has 0 unspecified atom stereocenters. The summed E-state index contributed by atoms with van der Waals surface area (Å²) in [6, 6.07) is -1.59. The normalized spacial score (nSPS) is 13.7. The summed E-state index contributed by atoms with van der Waals surface area (Å²) in [6.45, 7) is -0.677. The van der Waals surface area contributed by atoms with Crippen LogP contribution in [0.1, 0.15) is 37.7 Å². The van der Waals surface area contributed by atoms with Crippen LogP contribution in [0.3, 0.4) is 0 Å². The van der Waals surface area contributed by atoms with Crippen molar-refractivity contribution in [3.63, 3.8) is 0 Å². The third-order valence-corrected chi connectivity index (χ3v) is 6.73. The first-order valence-corrected chi connectivity index (χ1v) is 15.0. The number of nitrogens with one attached hydrogen (secondary N) is 4. The fourth-order valence-corrected chi connectivity index (χ4v) is 4.19. The molecular formula is C28H46N12O9. The summed E-state index contributed by atoms with van der Waals surface area (Å²) in [5.74, 6) is -6.67. The number of aliphatic hydroxyl groups is 1. The van der Waals surface area contributed by atoms with Gasteiger partial charge in [-0.25, -0.2) is 4.79 Å². The number of nitrogens with zero attached hydrogens (tertiary/aromatic N) is 2. The Bertz CT molecular complexity index is 1350. The Balaban J connectivity index is 3.24. The third-order valence-electron chi connectivity index (χ3n) is 6.73. The predicted molar refractivity (Wildman–Crippen MR) is 176 cm³/mol. The molecule has 0 aliphatic carbocycles. The van der Waals surface area contributed by atoms with Crippen LogP contribution in [0.5, 0.6) is 5.75 Å². The number of carboxylic acid groups (broad SMARTS) is 1. The van der Waals surface area contributed by atoms with Crippen molar-refractivity contribution in [2.45, 2.75) is 68.7 Å². The molecule has 21 nitrogen and oxygen atoms in total. The van der Waals surface area contributed by atoms with Crippen molar-refractivity contribution in [3.05, 3.63) is 29.8 Å². The van der Waals surface area contributed by atoms with Crippen molar-refractivity contribution in [3.8, 4) is 5.75 Å². The number of phenolic OH excluding ortho intramolecular Hbond substituents is 1. The molecule has 0 fully saturated rings. The van der Waals surface area contributed by atoms with Crippen LogP contribution in [-0.4, -0.2) is 113 Å². The largest absolute Gasteiger partial charge is 0.508 e. The molecule has 0 heterocycles. The van der Waals surface area contributed by atoms with Gasteiger partial charge in [-0.05, 0) is 43.4 Å². The monoisotopic (exact) mass is 694 g/mol. The number of hydrogen-bond donors (Lipinski definition) is 13. The first-order valence-electron chi connectivity index (χ1n) is 15.0. The van der Waals surface area contributed by atoms with E-state index < -0.39 is 78.7 Å². The molecule has 1 aromatic rings. The summed E-state index contributed by atoms with van der Waals surface area (Å²) in [5, 5.41) is 38.1. The average molecular weight is 695 g/mol. The second kappa shape index (κ2) is 21.2. The number of aliphatic hydroxyl groups excluding tert-OH is 1. The van der Waals surface area contributed by atoms with Crippen molar-refractivity contribution in [1.82, 2.24) is 21.3 Å². The molecule has 5 amide bonds. The number of guanidine groups is 2. The number of primary amides is 1.